The van der Waals surface area contributed by atoms with Crippen molar-refractivity contribution in [2.45, 2.75) is 25.2 Å². The van der Waals surface area contributed by atoms with Crippen molar-refractivity contribution in [1.82, 2.24) is 0 Å². The summed E-state index contributed by atoms with van der Waals surface area (Å²) in [5, 5.41) is 0. The van der Waals surface area contributed by atoms with Gasteiger partial charge in [-0.1, -0.05) is 66.2 Å². The summed E-state index contributed by atoms with van der Waals surface area (Å²) in [6.45, 7) is 3.90. The number of hydrogen-bond donors (Lipinski definition) is 0. The predicted octanol–water partition coefficient (Wildman–Crippen LogP) is 4.05. The Morgan fingerprint density at radius 1 is 0.839 bits per heavy atom. The van der Waals surface area contributed by atoms with Crippen molar-refractivity contribution < 1.29 is 14.4 Å². The van der Waals surface area contributed by atoms with Crippen LogP contribution in [0.5, 0.6) is 0 Å². The van der Waals surface area contributed by atoms with Crippen LogP contribution in [0, 0.1) is 25.7 Å². The minimum absolute atomic E-state index is 0.206. The molecule has 1 heterocycles. The molecule has 3 aromatic rings. The zero-order valence-electron chi connectivity index (χ0n) is 17.3. The number of imide groups is 1. The zero-order valence-corrected chi connectivity index (χ0v) is 17.3. The largest absolute Gasteiger partial charge is 0.302 e. The zero-order chi connectivity index (χ0) is 21.5. The summed E-state index contributed by atoms with van der Waals surface area (Å²) < 4.78 is 0. The number of anilines is 1. The number of hydrogen-bond acceptors (Lipinski definition) is 3. The summed E-state index contributed by atoms with van der Waals surface area (Å²) in [6, 6.07) is 21.3. The van der Waals surface area contributed by atoms with Gasteiger partial charge in [-0.3, -0.25) is 9.59 Å². The van der Waals surface area contributed by atoms with Gasteiger partial charge in [0.2, 0.25) is 11.8 Å². The number of benzene rings is 3. The Labute approximate surface area is 180 Å². The summed E-state index contributed by atoms with van der Waals surface area (Å²) in [5.74, 6) is -2.02. The molecule has 7 rings (SSSR count). The molecule has 0 saturated carbocycles. The summed E-state index contributed by atoms with van der Waals surface area (Å²) >= 11 is 0. The Morgan fingerprint density at radius 3 is 2.03 bits per heavy atom. The van der Waals surface area contributed by atoms with E-state index in [1.807, 2.05) is 80.6 Å². The fourth-order valence-corrected chi connectivity index (χ4v) is 6.32. The Balaban J connectivity index is 1.65. The third kappa shape index (κ3) is 2.03. The SMILES string of the molecule is Cc1ccc(N2C(=O)[C@H]3C4c5ccccc5C(C=O)(c5ccccc54)[C@H]3C2=O)c(C)c1. The molecule has 0 unspecified atom stereocenters. The maximum absolute atomic E-state index is 13.9. The first kappa shape index (κ1) is 18.3. The van der Waals surface area contributed by atoms with E-state index in [1.165, 1.54) is 4.90 Å². The van der Waals surface area contributed by atoms with Gasteiger partial charge in [-0.2, -0.15) is 0 Å². The lowest BCUT2D eigenvalue weighted by atomic mass is 9.48. The molecule has 4 aliphatic rings. The monoisotopic (exact) mass is 407 g/mol. The van der Waals surface area contributed by atoms with Gasteiger partial charge in [-0.25, -0.2) is 4.90 Å². The van der Waals surface area contributed by atoms with Crippen molar-refractivity contribution in [3.05, 3.63) is 100 Å². The van der Waals surface area contributed by atoms with E-state index in [2.05, 4.69) is 0 Å². The van der Waals surface area contributed by atoms with Crippen molar-refractivity contribution in [2.24, 2.45) is 11.8 Å². The molecule has 0 radical (unpaired) electrons. The minimum Gasteiger partial charge on any atom is -0.302 e. The van der Waals surface area contributed by atoms with Crippen LogP contribution in [0.1, 0.15) is 39.3 Å². The normalized spacial score (nSPS) is 27.7. The number of carbonyl (C=O) groups excluding carboxylic acids is 3. The van der Waals surface area contributed by atoms with Gasteiger partial charge in [-0.05, 0) is 47.7 Å². The Bertz CT molecular complexity index is 1260. The van der Waals surface area contributed by atoms with E-state index in [-0.39, 0.29) is 17.7 Å². The Hall–Kier alpha value is -3.53. The molecule has 1 saturated heterocycles. The molecule has 3 aliphatic carbocycles. The smallest absolute Gasteiger partial charge is 0.239 e. The van der Waals surface area contributed by atoms with E-state index in [4.69, 9.17) is 0 Å². The topological polar surface area (TPSA) is 54.5 Å². The number of amides is 2. The van der Waals surface area contributed by atoms with E-state index >= 15 is 0 Å². The van der Waals surface area contributed by atoms with Gasteiger partial charge < -0.3 is 4.79 Å². The molecule has 4 nitrogen and oxygen atoms in total. The van der Waals surface area contributed by atoms with E-state index < -0.39 is 17.3 Å². The first-order valence-electron chi connectivity index (χ1n) is 10.6. The maximum atomic E-state index is 13.9. The van der Waals surface area contributed by atoms with Gasteiger partial charge in [0.15, 0.2) is 0 Å². The van der Waals surface area contributed by atoms with E-state index in [1.54, 1.807) is 0 Å². The molecule has 152 valence electrons. The first-order valence-corrected chi connectivity index (χ1v) is 10.6. The third-order valence-electron chi connectivity index (χ3n) is 7.46. The van der Waals surface area contributed by atoms with Gasteiger partial charge in [0.1, 0.15) is 6.29 Å². The fraction of sp³-hybridized carbons (Fsp3) is 0.222. The van der Waals surface area contributed by atoms with Crippen LogP contribution in [-0.2, 0) is 19.8 Å². The van der Waals surface area contributed by atoms with Crippen molar-refractivity contribution in [2.75, 3.05) is 4.90 Å². The Morgan fingerprint density at radius 2 is 1.45 bits per heavy atom. The highest BCUT2D eigenvalue weighted by molar-refractivity contribution is 6.25. The van der Waals surface area contributed by atoms with Gasteiger partial charge in [0.25, 0.3) is 0 Å². The van der Waals surface area contributed by atoms with Crippen molar-refractivity contribution >= 4 is 23.8 Å². The highest BCUT2D eigenvalue weighted by Crippen LogP contribution is 2.63. The standard InChI is InChI=1S/C27H21NO3/c1-15-11-12-21(16(2)13-15)28-25(30)23-22-17-7-3-5-9-19(17)27(14-29,24(23)26(28)31)20-10-6-4-8-18(20)22/h3-14,22-24H,1-2H3/t22?,23-,24+,27?/m0/s1. The molecular weight excluding hydrogens is 386 g/mol. The van der Waals surface area contributed by atoms with Crippen LogP contribution < -0.4 is 4.90 Å². The average Bonchev–Trinajstić information content (AvgIpc) is 3.05. The first-order chi connectivity index (χ1) is 15.0. The van der Waals surface area contributed by atoms with Gasteiger partial charge >= 0.3 is 0 Å². The van der Waals surface area contributed by atoms with E-state index in [9.17, 15) is 14.4 Å². The lowest BCUT2D eigenvalue weighted by Crippen LogP contribution is -2.54. The molecule has 31 heavy (non-hydrogen) atoms. The van der Waals surface area contributed by atoms with E-state index in [0.717, 1.165) is 39.7 Å². The second-order valence-electron chi connectivity index (χ2n) is 8.94. The molecule has 1 fully saturated rings. The fourth-order valence-electron chi connectivity index (χ4n) is 6.32. The van der Waals surface area contributed by atoms with Gasteiger partial charge in [0, 0.05) is 5.92 Å². The summed E-state index contributed by atoms with van der Waals surface area (Å²) in [6.07, 6.45) is 0.911. The number of rotatable bonds is 2. The summed E-state index contributed by atoms with van der Waals surface area (Å²) in [7, 11) is 0. The van der Waals surface area contributed by atoms with E-state index in [0.29, 0.717) is 5.69 Å². The second kappa shape index (κ2) is 6.01. The molecule has 1 aliphatic heterocycles. The number of aryl methyl sites for hydroxylation is 2. The molecule has 2 bridgehead atoms. The Kier molecular flexibility index (Phi) is 3.54. The van der Waals surface area contributed by atoms with Crippen LogP contribution in [0.15, 0.2) is 66.7 Å². The highest BCUT2D eigenvalue weighted by Gasteiger charge is 2.68. The average molecular weight is 407 g/mol. The molecule has 0 N–H and O–H groups in total. The molecule has 2 amide bonds. The minimum atomic E-state index is -1.15. The molecule has 2 atom stereocenters. The number of aldehydes is 1. The second-order valence-corrected chi connectivity index (χ2v) is 8.94. The van der Waals surface area contributed by atoms with Crippen LogP contribution in [-0.4, -0.2) is 18.1 Å². The predicted molar refractivity (Wildman–Crippen MR) is 117 cm³/mol. The lowest BCUT2D eigenvalue weighted by molar-refractivity contribution is -0.128. The third-order valence-corrected chi connectivity index (χ3v) is 7.46. The van der Waals surface area contributed by atoms with Gasteiger partial charge in [0.05, 0.1) is 22.9 Å². The lowest BCUT2D eigenvalue weighted by Gasteiger charge is -2.51. The highest BCUT2D eigenvalue weighted by atomic mass is 16.2. The molecule has 3 aromatic carbocycles. The molecule has 4 heteroatoms. The molecular formula is C27H21NO3. The van der Waals surface area contributed by atoms with Crippen LogP contribution in [0.4, 0.5) is 5.69 Å². The van der Waals surface area contributed by atoms with Crippen molar-refractivity contribution in [1.29, 1.82) is 0 Å². The number of carbonyl (C=O) groups is 3. The molecule has 0 spiro atoms. The van der Waals surface area contributed by atoms with Crippen molar-refractivity contribution in [3.63, 3.8) is 0 Å². The maximum Gasteiger partial charge on any atom is 0.239 e. The summed E-state index contributed by atoms with van der Waals surface area (Å²) in [5.41, 5.74) is 5.11. The van der Waals surface area contributed by atoms with Crippen molar-refractivity contribution in [3.8, 4) is 0 Å². The van der Waals surface area contributed by atoms with Crippen LogP contribution >= 0.6 is 0 Å². The van der Waals surface area contributed by atoms with Crippen LogP contribution in [0.2, 0.25) is 0 Å². The number of nitrogens with zero attached hydrogens (tertiary/aromatic N) is 1. The quantitative estimate of drug-likeness (QED) is 0.476. The van der Waals surface area contributed by atoms with Crippen LogP contribution in [0.25, 0.3) is 0 Å². The molecule has 0 aromatic heterocycles. The van der Waals surface area contributed by atoms with Gasteiger partial charge in [-0.15, -0.1) is 0 Å². The van der Waals surface area contributed by atoms with Crippen LogP contribution in [0.3, 0.4) is 0 Å². The summed E-state index contributed by atoms with van der Waals surface area (Å²) in [4.78, 5) is 42.0.